The third-order valence-corrected chi connectivity index (χ3v) is 2.39. The normalized spacial score (nSPS) is 13.8. The van der Waals surface area contributed by atoms with Crippen molar-refractivity contribution >= 4 is 13.7 Å². The molecule has 98 valence electrons. The molecule has 1 rings (SSSR count). The first-order chi connectivity index (χ1) is 8.29. The van der Waals surface area contributed by atoms with E-state index in [2.05, 4.69) is 4.65 Å². The highest BCUT2D eigenvalue weighted by Gasteiger charge is 2.30. The fraction of sp³-hybridized carbons (Fsp3) is 0.300. The summed E-state index contributed by atoms with van der Waals surface area (Å²) in [5.41, 5.74) is 3.57. The Morgan fingerprint density at radius 2 is 2.11 bits per heavy atom. The number of carboxylic acid groups (broad SMARTS) is 1. The summed E-state index contributed by atoms with van der Waals surface area (Å²) in [6.07, 6.45) is -0.371. The zero-order valence-corrected chi connectivity index (χ0v) is 9.61. The Bertz CT molecular complexity index is 467. The minimum atomic E-state index is -1.70. The maximum Gasteiger partial charge on any atom is 0.504 e. The van der Waals surface area contributed by atoms with Crippen LogP contribution >= 0.6 is 0 Å². The minimum absolute atomic E-state index is 0.176. The van der Waals surface area contributed by atoms with Crippen molar-refractivity contribution in [3.05, 3.63) is 29.3 Å². The van der Waals surface area contributed by atoms with Gasteiger partial charge in [-0.15, -0.1) is 0 Å². The van der Waals surface area contributed by atoms with E-state index in [-0.39, 0.29) is 12.0 Å². The van der Waals surface area contributed by atoms with Gasteiger partial charge < -0.3 is 20.5 Å². The van der Waals surface area contributed by atoms with Gasteiger partial charge in [-0.05, 0) is 18.6 Å². The van der Waals surface area contributed by atoms with Crippen LogP contribution in [0.2, 0.25) is 0 Å². The molecule has 0 fully saturated rings. The molecule has 0 saturated carbocycles. The van der Waals surface area contributed by atoms with Gasteiger partial charge in [0.1, 0.15) is 11.3 Å². The summed E-state index contributed by atoms with van der Waals surface area (Å²) in [6.45, 7) is 1.20. The molecule has 0 bridgehead atoms. The van der Waals surface area contributed by atoms with Crippen molar-refractivity contribution in [1.29, 1.82) is 0 Å². The van der Waals surface area contributed by atoms with E-state index in [4.69, 9.17) is 15.9 Å². The smallest absolute Gasteiger partial charge is 0.504 e. The van der Waals surface area contributed by atoms with Crippen LogP contribution < -0.4 is 10.4 Å². The van der Waals surface area contributed by atoms with Gasteiger partial charge in [-0.25, -0.2) is 4.39 Å². The Labute approximate surface area is 102 Å². The van der Waals surface area contributed by atoms with Crippen LogP contribution in [0.4, 0.5) is 8.78 Å². The molecule has 0 radical (unpaired) electrons. The highest BCUT2D eigenvalue weighted by molar-refractivity contribution is 6.17. The fourth-order valence-electron chi connectivity index (χ4n) is 1.36. The minimum Gasteiger partial charge on any atom is -0.537 e. The van der Waals surface area contributed by atoms with Crippen LogP contribution in [0.15, 0.2) is 12.1 Å². The molecule has 0 amide bonds. The highest BCUT2D eigenvalue weighted by Crippen LogP contribution is 2.24. The first-order valence-electron chi connectivity index (χ1n) is 5.02. The summed E-state index contributed by atoms with van der Waals surface area (Å²) in [4.78, 5) is 10.8. The standard InChI is InChI=1S/C10H12BF2NO4/c1-10(14,9(15)16)4-5-2-3-6(18-11-17)8(13)7(5)12/h2-3,11,17H,4,14H2,1H3,(H,15,16)/t10-/m1/s1. The number of nitrogens with two attached hydrogens (primary N) is 1. The molecule has 1 atom stereocenters. The van der Waals surface area contributed by atoms with Gasteiger partial charge in [-0.2, -0.15) is 4.39 Å². The molecule has 5 nitrogen and oxygen atoms in total. The molecule has 0 aliphatic rings. The summed E-state index contributed by atoms with van der Waals surface area (Å²) < 4.78 is 31.5. The van der Waals surface area contributed by atoms with E-state index in [0.717, 1.165) is 12.1 Å². The van der Waals surface area contributed by atoms with E-state index in [1.54, 1.807) is 0 Å². The van der Waals surface area contributed by atoms with Crippen LogP contribution in [0.25, 0.3) is 0 Å². The summed E-state index contributed by atoms with van der Waals surface area (Å²) in [7, 11) is -0.792. The topological polar surface area (TPSA) is 92.8 Å². The zero-order valence-electron chi connectivity index (χ0n) is 9.61. The van der Waals surface area contributed by atoms with Gasteiger partial charge in [0.15, 0.2) is 11.6 Å². The second kappa shape index (κ2) is 5.32. The third kappa shape index (κ3) is 2.96. The molecule has 0 aliphatic carbocycles. The number of hydrogen-bond donors (Lipinski definition) is 3. The van der Waals surface area contributed by atoms with Crippen LogP contribution in [-0.4, -0.2) is 29.3 Å². The maximum atomic E-state index is 13.6. The average molecular weight is 259 g/mol. The number of hydrogen-bond acceptors (Lipinski definition) is 4. The van der Waals surface area contributed by atoms with Gasteiger partial charge in [0.2, 0.25) is 0 Å². The molecular formula is C10H12BF2NO4. The Morgan fingerprint density at radius 1 is 1.50 bits per heavy atom. The zero-order chi connectivity index (χ0) is 13.9. The van der Waals surface area contributed by atoms with E-state index in [9.17, 15) is 13.6 Å². The predicted octanol–water partition coefficient (Wildman–Crippen LogP) is -0.0531. The van der Waals surface area contributed by atoms with Crippen molar-refractivity contribution in [3.63, 3.8) is 0 Å². The Balaban J connectivity index is 3.06. The summed E-state index contributed by atoms with van der Waals surface area (Å²) in [5, 5.41) is 17.3. The van der Waals surface area contributed by atoms with Gasteiger partial charge in [0.05, 0.1) is 0 Å². The molecular weight excluding hydrogens is 247 g/mol. The van der Waals surface area contributed by atoms with Crippen molar-refractivity contribution < 1.29 is 28.4 Å². The monoisotopic (exact) mass is 259 g/mol. The molecule has 0 spiro atoms. The molecule has 0 aromatic heterocycles. The predicted molar refractivity (Wildman–Crippen MR) is 60.3 cm³/mol. The van der Waals surface area contributed by atoms with Crippen LogP contribution in [-0.2, 0) is 11.2 Å². The SMILES string of the molecule is C[C@@](N)(Cc1ccc(OBO)c(F)c1F)C(=O)O. The summed E-state index contributed by atoms with van der Waals surface area (Å²) in [6, 6.07) is 2.26. The molecule has 0 unspecified atom stereocenters. The Kier molecular flexibility index (Phi) is 4.26. The van der Waals surface area contributed by atoms with Gasteiger partial charge in [-0.1, -0.05) is 6.07 Å². The quantitative estimate of drug-likeness (QED) is 0.644. The molecule has 1 aromatic rings. The number of benzene rings is 1. The van der Waals surface area contributed by atoms with Crippen LogP contribution in [0.5, 0.6) is 5.75 Å². The molecule has 4 N–H and O–H groups in total. The average Bonchev–Trinajstić information content (AvgIpc) is 2.28. The lowest BCUT2D eigenvalue weighted by Crippen LogP contribution is -2.47. The van der Waals surface area contributed by atoms with E-state index in [1.165, 1.54) is 6.92 Å². The van der Waals surface area contributed by atoms with E-state index < -0.39 is 36.6 Å². The summed E-state index contributed by atoms with van der Waals surface area (Å²) >= 11 is 0. The Hall–Kier alpha value is -1.67. The molecule has 1 aromatic carbocycles. The third-order valence-electron chi connectivity index (χ3n) is 2.39. The number of carbonyl (C=O) groups is 1. The van der Waals surface area contributed by atoms with Crippen LogP contribution in [0, 0.1) is 11.6 Å². The van der Waals surface area contributed by atoms with Crippen LogP contribution in [0.3, 0.4) is 0 Å². The first kappa shape index (κ1) is 14.4. The largest absolute Gasteiger partial charge is 0.537 e. The van der Waals surface area contributed by atoms with E-state index in [0.29, 0.717) is 0 Å². The molecule has 8 heteroatoms. The lowest BCUT2D eigenvalue weighted by Gasteiger charge is -2.19. The molecule has 0 saturated heterocycles. The van der Waals surface area contributed by atoms with Crippen molar-refractivity contribution in [3.8, 4) is 5.75 Å². The van der Waals surface area contributed by atoms with Crippen molar-refractivity contribution in [2.45, 2.75) is 18.9 Å². The maximum absolute atomic E-state index is 13.6. The van der Waals surface area contributed by atoms with E-state index >= 15 is 0 Å². The van der Waals surface area contributed by atoms with Gasteiger partial charge in [0, 0.05) is 6.42 Å². The Morgan fingerprint density at radius 3 is 2.61 bits per heavy atom. The van der Waals surface area contributed by atoms with Gasteiger partial charge in [-0.3, -0.25) is 4.79 Å². The summed E-state index contributed by atoms with van der Waals surface area (Å²) in [5.74, 6) is -4.30. The first-order valence-corrected chi connectivity index (χ1v) is 5.02. The number of carboxylic acids is 1. The lowest BCUT2D eigenvalue weighted by atomic mass is 9.93. The van der Waals surface area contributed by atoms with Crippen LogP contribution in [0.1, 0.15) is 12.5 Å². The molecule has 18 heavy (non-hydrogen) atoms. The second-order valence-corrected chi connectivity index (χ2v) is 4.02. The lowest BCUT2D eigenvalue weighted by molar-refractivity contribution is -0.142. The van der Waals surface area contributed by atoms with Gasteiger partial charge in [0.25, 0.3) is 0 Å². The highest BCUT2D eigenvalue weighted by atomic mass is 19.2. The van der Waals surface area contributed by atoms with Crippen molar-refractivity contribution in [2.75, 3.05) is 0 Å². The number of rotatable bonds is 5. The number of aliphatic carboxylic acids is 1. The second-order valence-electron chi connectivity index (χ2n) is 4.02. The van der Waals surface area contributed by atoms with Crippen molar-refractivity contribution in [2.24, 2.45) is 5.73 Å². The van der Waals surface area contributed by atoms with Crippen molar-refractivity contribution in [1.82, 2.24) is 0 Å². The molecule has 0 aliphatic heterocycles. The molecule has 0 heterocycles. The van der Waals surface area contributed by atoms with Gasteiger partial charge >= 0.3 is 13.7 Å². The van der Waals surface area contributed by atoms with E-state index in [1.807, 2.05) is 0 Å². The number of halogens is 2. The fourth-order valence-corrected chi connectivity index (χ4v) is 1.36.